The molecule has 2 aliphatic rings. The Morgan fingerprint density at radius 3 is 2.77 bits per heavy atom. The first-order valence-electron chi connectivity index (χ1n) is 9.00. The van der Waals surface area contributed by atoms with Gasteiger partial charge in [0.2, 0.25) is 5.91 Å². The summed E-state index contributed by atoms with van der Waals surface area (Å²) in [4.78, 5) is 49.7. The molecule has 0 radical (unpaired) electrons. The smallest absolute Gasteiger partial charge is 0.352 e. The van der Waals surface area contributed by atoms with Gasteiger partial charge in [-0.1, -0.05) is 5.21 Å². The number of hydrogen-bond acceptors (Lipinski definition) is 11. The van der Waals surface area contributed by atoms with Crippen molar-refractivity contribution >= 4 is 35.5 Å². The van der Waals surface area contributed by atoms with E-state index in [1.165, 1.54) is 25.8 Å². The first-order valence-corrected chi connectivity index (χ1v) is 10.0. The van der Waals surface area contributed by atoms with E-state index in [1.54, 1.807) is 0 Å². The highest BCUT2D eigenvalue weighted by molar-refractivity contribution is 8.00. The maximum absolute atomic E-state index is 13.1. The highest BCUT2D eigenvalue weighted by Gasteiger charge is 2.67. The predicted molar refractivity (Wildman–Crippen MR) is 101 cm³/mol. The summed E-state index contributed by atoms with van der Waals surface area (Å²) in [5, 5.41) is 24.3. The number of hydrogen-bond donors (Lipinski definition) is 3. The number of thioether (sulfide) groups is 1. The van der Waals surface area contributed by atoms with Crippen LogP contribution in [0.3, 0.4) is 0 Å². The van der Waals surface area contributed by atoms with E-state index in [0.717, 1.165) is 4.90 Å². The van der Waals surface area contributed by atoms with Gasteiger partial charge in [-0.3, -0.25) is 19.3 Å². The fraction of sp³-hybridized carbons (Fsp3) is 0.562. The van der Waals surface area contributed by atoms with Gasteiger partial charge in [-0.2, -0.15) is 5.21 Å². The van der Waals surface area contributed by atoms with Gasteiger partial charge < -0.3 is 24.6 Å². The van der Waals surface area contributed by atoms with Crippen LogP contribution < -0.4 is 5.32 Å². The van der Waals surface area contributed by atoms with Crippen LogP contribution in [0.5, 0.6) is 0 Å². The van der Waals surface area contributed by atoms with Crippen molar-refractivity contribution in [3.8, 4) is 0 Å². The van der Waals surface area contributed by atoms with Crippen molar-refractivity contribution < 1.29 is 38.5 Å². The number of aromatic nitrogens is 4. The number of carboxylic acids is 1. The normalized spacial score (nSPS) is 22.6. The number of H-pyrrole nitrogens is 1. The molecule has 168 valence electrons. The zero-order valence-electron chi connectivity index (χ0n) is 16.6. The van der Waals surface area contributed by atoms with E-state index < -0.39 is 34.9 Å². The van der Waals surface area contributed by atoms with Crippen molar-refractivity contribution in [3.63, 3.8) is 0 Å². The van der Waals surface area contributed by atoms with Gasteiger partial charge >= 0.3 is 11.9 Å². The molecule has 2 atom stereocenters. The lowest BCUT2D eigenvalue weighted by Gasteiger charge is -2.56. The van der Waals surface area contributed by atoms with Crippen molar-refractivity contribution in [2.24, 2.45) is 0 Å². The number of aliphatic carboxylic acids is 1. The van der Waals surface area contributed by atoms with Gasteiger partial charge in [-0.25, -0.2) is 4.79 Å². The summed E-state index contributed by atoms with van der Waals surface area (Å²) in [6.45, 7) is 1.05. The second-order valence-corrected chi connectivity index (χ2v) is 7.57. The van der Waals surface area contributed by atoms with Crippen molar-refractivity contribution in [2.45, 2.75) is 24.4 Å². The number of tetrazole rings is 1. The summed E-state index contributed by atoms with van der Waals surface area (Å²) in [5.41, 5.74) is -1.83. The molecule has 1 unspecified atom stereocenters. The molecule has 0 saturated carbocycles. The number of fused-ring (bicyclic) bond motifs is 1. The Hall–Kier alpha value is -3.04. The Bertz CT molecular complexity index is 906. The van der Waals surface area contributed by atoms with Crippen LogP contribution in [0, 0.1) is 0 Å². The SMILES string of the molecule is COCCOC1(NC(=O)Cc2nn[nH]n2)C(=O)N2C(C(=O)O)=C(COC(C)=O)CS[C@@H]21. The van der Waals surface area contributed by atoms with Crippen LogP contribution in [0.1, 0.15) is 12.7 Å². The Balaban J connectivity index is 1.85. The maximum Gasteiger partial charge on any atom is 0.352 e. The van der Waals surface area contributed by atoms with Crippen LogP contribution in [-0.4, -0.2) is 98.2 Å². The average molecular weight is 456 g/mol. The number of amides is 2. The molecule has 15 heteroatoms. The molecule has 31 heavy (non-hydrogen) atoms. The largest absolute Gasteiger partial charge is 0.477 e. The molecular weight excluding hydrogens is 436 g/mol. The first kappa shape index (κ1) is 22.6. The Morgan fingerprint density at radius 1 is 1.39 bits per heavy atom. The topological polar surface area (TPSA) is 186 Å². The van der Waals surface area contributed by atoms with Crippen LogP contribution in [0.4, 0.5) is 0 Å². The number of ether oxygens (including phenoxy) is 3. The van der Waals surface area contributed by atoms with Gasteiger partial charge in [0.25, 0.3) is 11.6 Å². The fourth-order valence-electron chi connectivity index (χ4n) is 3.11. The van der Waals surface area contributed by atoms with Crippen molar-refractivity contribution in [1.29, 1.82) is 0 Å². The second kappa shape index (κ2) is 9.40. The third-order valence-corrected chi connectivity index (χ3v) is 5.79. The van der Waals surface area contributed by atoms with Crippen molar-refractivity contribution in [1.82, 2.24) is 30.8 Å². The molecule has 14 nitrogen and oxygen atoms in total. The van der Waals surface area contributed by atoms with Crippen LogP contribution in [0.15, 0.2) is 11.3 Å². The Labute approximate surface area is 179 Å². The molecule has 2 aliphatic heterocycles. The highest BCUT2D eigenvalue weighted by atomic mass is 32.2. The van der Waals surface area contributed by atoms with Gasteiger partial charge in [0.1, 0.15) is 17.7 Å². The summed E-state index contributed by atoms with van der Waals surface area (Å²) in [6, 6.07) is 0. The van der Waals surface area contributed by atoms with E-state index in [9.17, 15) is 24.3 Å². The number of aromatic amines is 1. The maximum atomic E-state index is 13.1. The quantitative estimate of drug-likeness (QED) is 0.153. The molecule has 0 spiro atoms. The number of carbonyl (C=O) groups excluding carboxylic acids is 3. The molecule has 2 amide bonds. The second-order valence-electron chi connectivity index (χ2n) is 6.51. The number of carboxylic acid groups (broad SMARTS) is 1. The molecule has 1 saturated heterocycles. The molecular formula is C16H20N6O8S. The monoisotopic (exact) mass is 456 g/mol. The van der Waals surface area contributed by atoms with Crippen LogP contribution in [-0.2, 0) is 39.8 Å². The lowest BCUT2D eigenvalue weighted by atomic mass is 9.97. The number of β-lactam (4-membered cyclic amide) rings is 1. The first-order chi connectivity index (χ1) is 14.8. The summed E-state index contributed by atoms with van der Waals surface area (Å²) in [7, 11) is 1.45. The lowest BCUT2D eigenvalue weighted by molar-refractivity contribution is -0.200. The van der Waals surface area contributed by atoms with E-state index >= 15 is 0 Å². The van der Waals surface area contributed by atoms with Gasteiger partial charge in [-0.15, -0.1) is 22.0 Å². The highest BCUT2D eigenvalue weighted by Crippen LogP contribution is 2.46. The number of nitrogens with zero attached hydrogens (tertiary/aromatic N) is 4. The fourth-order valence-corrected chi connectivity index (χ4v) is 4.50. The third-order valence-electron chi connectivity index (χ3n) is 4.41. The molecule has 1 aromatic heterocycles. The third kappa shape index (κ3) is 4.52. The van der Waals surface area contributed by atoms with Gasteiger partial charge in [0.05, 0.1) is 19.6 Å². The molecule has 3 heterocycles. The summed E-state index contributed by atoms with van der Waals surface area (Å²) in [6.07, 6.45) is -0.268. The lowest BCUT2D eigenvalue weighted by Crippen LogP contribution is -2.81. The molecule has 0 bridgehead atoms. The van der Waals surface area contributed by atoms with Gasteiger partial charge in [-0.05, 0) is 0 Å². The summed E-state index contributed by atoms with van der Waals surface area (Å²) >= 11 is 1.17. The van der Waals surface area contributed by atoms with E-state index in [2.05, 4.69) is 25.9 Å². The van der Waals surface area contributed by atoms with Crippen LogP contribution in [0.25, 0.3) is 0 Å². The zero-order chi connectivity index (χ0) is 22.6. The predicted octanol–water partition coefficient (Wildman–Crippen LogP) is -1.97. The Kier molecular flexibility index (Phi) is 6.87. The van der Waals surface area contributed by atoms with E-state index in [0.29, 0.717) is 0 Å². The minimum atomic E-state index is -1.79. The van der Waals surface area contributed by atoms with E-state index in [1.807, 2.05) is 0 Å². The van der Waals surface area contributed by atoms with Crippen molar-refractivity contribution in [3.05, 3.63) is 17.1 Å². The standard InChI is InChI=1S/C16H20N6O8S/c1-8(23)29-6-9-7-31-15-16(30-4-3-28-2,14(27)22(15)12(9)13(25)26)17-11(24)5-10-18-20-21-19-10/h15H,3-7H2,1-2H3,(H,17,24)(H,25,26)(H,18,19,20,21)/t15-,16?/m1/s1. The van der Waals surface area contributed by atoms with E-state index in [-0.39, 0.29) is 49.1 Å². The number of methoxy groups -OCH3 is 1. The van der Waals surface area contributed by atoms with E-state index in [4.69, 9.17) is 14.2 Å². The van der Waals surface area contributed by atoms with Crippen LogP contribution in [0.2, 0.25) is 0 Å². The average Bonchev–Trinajstić information content (AvgIpc) is 3.23. The minimum Gasteiger partial charge on any atom is -0.477 e. The molecule has 3 N–H and O–H groups in total. The number of esters is 1. The van der Waals surface area contributed by atoms with Crippen LogP contribution >= 0.6 is 11.8 Å². The summed E-state index contributed by atoms with van der Waals surface area (Å²) in [5.74, 6) is -3.05. The molecule has 1 aromatic rings. The van der Waals surface area contributed by atoms with Crippen molar-refractivity contribution in [2.75, 3.05) is 32.7 Å². The molecule has 0 aliphatic carbocycles. The van der Waals surface area contributed by atoms with Gasteiger partial charge in [0.15, 0.2) is 5.82 Å². The molecule has 0 aromatic carbocycles. The van der Waals surface area contributed by atoms with Gasteiger partial charge in [0, 0.05) is 25.4 Å². The molecule has 3 rings (SSSR count). The number of nitrogens with one attached hydrogen (secondary N) is 2. The Morgan fingerprint density at radius 2 is 2.16 bits per heavy atom. The molecule has 1 fully saturated rings. The number of rotatable bonds is 10. The number of carbonyl (C=O) groups is 4. The summed E-state index contributed by atoms with van der Waals surface area (Å²) < 4.78 is 15.6. The zero-order valence-corrected chi connectivity index (χ0v) is 17.4. The minimum absolute atomic E-state index is 0.0257.